The van der Waals surface area contributed by atoms with E-state index in [0.29, 0.717) is 13.2 Å². The van der Waals surface area contributed by atoms with Crippen molar-refractivity contribution in [3.05, 3.63) is 0 Å². The zero-order valence-corrected chi connectivity index (χ0v) is 12.0. The largest absolute Gasteiger partial charge is 0.481 e. The molecule has 6 heteroatoms. The Morgan fingerprint density at radius 1 is 1.47 bits per heavy atom. The maximum absolute atomic E-state index is 12.1. The van der Waals surface area contributed by atoms with Gasteiger partial charge in [0.05, 0.1) is 12.5 Å². The van der Waals surface area contributed by atoms with Crippen LogP contribution in [0.2, 0.25) is 0 Å². The summed E-state index contributed by atoms with van der Waals surface area (Å²) in [5, 5.41) is 8.93. The summed E-state index contributed by atoms with van der Waals surface area (Å²) in [4.78, 5) is 24.4. The van der Waals surface area contributed by atoms with E-state index < -0.39 is 29.8 Å². The Morgan fingerprint density at radius 3 is 2.63 bits per heavy atom. The molecule has 0 aliphatic carbocycles. The van der Waals surface area contributed by atoms with E-state index in [4.69, 9.17) is 14.6 Å². The second kappa shape index (κ2) is 6.23. The smallest absolute Gasteiger partial charge is 0.412 e. The monoisotopic (exact) mass is 273 g/mol. The summed E-state index contributed by atoms with van der Waals surface area (Å²) >= 11 is 0. The van der Waals surface area contributed by atoms with Crippen LogP contribution in [-0.4, -0.2) is 47.0 Å². The number of hydrogen-bond donors (Lipinski definition) is 1. The average molecular weight is 273 g/mol. The number of rotatable bonds is 3. The predicted octanol–water partition coefficient (Wildman–Crippen LogP) is 2.08. The third-order valence-electron chi connectivity index (χ3n) is 2.81. The van der Waals surface area contributed by atoms with Gasteiger partial charge in [0.15, 0.2) is 0 Å². The van der Waals surface area contributed by atoms with Crippen molar-refractivity contribution in [2.45, 2.75) is 52.4 Å². The molecular formula is C13H23NO5. The molecule has 2 atom stereocenters. The van der Waals surface area contributed by atoms with E-state index in [1.54, 1.807) is 27.7 Å². The number of ether oxygens (including phenoxy) is 2. The van der Waals surface area contributed by atoms with Crippen molar-refractivity contribution >= 4 is 12.1 Å². The van der Waals surface area contributed by atoms with Crippen LogP contribution in [0.4, 0.5) is 4.79 Å². The van der Waals surface area contributed by atoms with Crippen molar-refractivity contribution in [2.24, 2.45) is 5.92 Å². The lowest BCUT2D eigenvalue weighted by Crippen LogP contribution is -2.49. The van der Waals surface area contributed by atoms with Gasteiger partial charge < -0.3 is 14.6 Å². The van der Waals surface area contributed by atoms with E-state index in [0.717, 1.165) is 6.42 Å². The highest BCUT2D eigenvalue weighted by Crippen LogP contribution is 2.21. The summed E-state index contributed by atoms with van der Waals surface area (Å²) in [6, 6.07) is 0. The molecule has 0 radical (unpaired) electrons. The molecular weight excluding hydrogens is 250 g/mol. The maximum Gasteiger partial charge on any atom is 0.412 e. The van der Waals surface area contributed by atoms with Gasteiger partial charge in [0, 0.05) is 13.0 Å². The minimum Gasteiger partial charge on any atom is -0.481 e. The van der Waals surface area contributed by atoms with Crippen LogP contribution in [0.3, 0.4) is 0 Å². The van der Waals surface area contributed by atoms with Crippen molar-refractivity contribution in [2.75, 3.05) is 13.2 Å². The topological polar surface area (TPSA) is 76.1 Å². The van der Waals surface area contributed by atoms with Crippen molar-refractivity contribution in [1.82, 2.24) is 4.90 Å². The Labute approximate surface area is 113 Å². The second-order valence-corrected chi connectivity index (χ2v) is 5.83. The summed E-state index contributed by atoms with van der Waals surface area (Å²) in [6.07, 6.45) is 0.0377. The molecule has 1 heterocycles. The molecule has 110 valence electrons. The third-order valence-corrected chi connectivity index (χ3v) is 2.81. The quantitative estimate of drug-likeness (QED) is 0.852. The highest BCUT2D eigenvalue weighted by Gasteiger charge is 2.33. The number of carbonyl (C=O) groups is 2. The molecule has 1 aliphatic heterocycles. The molecule has 1 rings (SSSR count). The highest BCUT2D eigenvalue weighted by molar-refractivity contribution is 5.70. The molecule has 6 nitrogen and oxygen atoms in total. The van der Waals surface area contributed by atoms with E-state index >= 15 is 0 Å². The van der Waals surface area contributed by atoms with Crippen molar-refractivity contribution in [3.8, 4) is 0 Å². The fourth-order valence-electron chi connectivity index (χ4n) is 1.82. The van der Waals surface area contributed by atoms with E-state index in [1.807, 2.05) is 0 Å². The number of carboxylic acid groups (broad SMARTS) is 1. The van der Waals surface area contributed by atoms with Crippen LogP contribution in [0.25, 0.3) is 0 Å². The van der Waals surface area contributed by atoms with Crippen molar-refractivity contribution in [1.29, 1.82) is 0 Å². The van der Waals surface area contributed by atoms with E-state index in [1.165, 1.54) is 4.90 Å². The molecule has 1 N–H and O–H groups in total. The van der Waals surface area contributed by atoms with Gasteiger partial charge in [-0.3, -0.25) is 9.69 Å². The molecule has 0 bridgehead atoms. The molecule has 0 aromatic rings. The number of hydrogen-bond acceptors (Lipinski definition) is 4. The fraction of sp³-hybridized carbons (Fsp3) is 0.846. The zero-order valence-electron chi connectivity index (χ0n) is 12.0. The fourth-order valence-corrected chi connectivity index (χ4v) is 1.82. The Hall–Kier alpha value is -1.30. The first-order valence-corrected chi connectivity index (χ1v) is 6.55. The van der Waals surface area contributed by atoms with E-state index in [2.05, 4.69) is 0 Å². The number of carboxylic acids is 1. The Kier molecular flexibility index (Phi) is 5.17. The van der Waals surface area contributed by atoms with Gasteiger partial charge in [-0.25, -0.2) is 4.79 Å². The van der Waals surface area contributed by atoms with Gasteiger partial charge in [0.25, 0.3) is 0 Å². The zero-order chi connectivity index (χ0) is 14.6. The molecule has 2 unspecified atom stereocenters. The van der Waals surface area contributed by atoms with Gasteiger partial charge >= 0.3 is 12.1 Å². The lowest BCUT2D eigenvalue weighted by atomic mass is 10.1. The summed E-state index contributed by atoms with van der Waals surface area (Å²) in [6.45, 7) is 8.07. The summed E-state index contributed by atoms with van der Waals surface area (Å²) in [5.41, 5.74) is -0.572. The van der Waals surface area contributed by atoms with Gasteiger partial charge in [0.2, 0.25) is 0 Å². The molecule has 1 amide bonds. The van der Waals surface area contributed by atoms with Crippen LogP contribution in [0.15, 0.2) is 0 Å². The molecule has 1 aliphatic rings. The SMILES string of the molecule is CC(CC1OCCCN1C(=O)OC(C)(C)C)C(=O)O. The molecule has 1 saturated heterocycles. The first-order chi connectivity index (χ1) is 8.70. The molecule has 0 spiro atoms. The summed E-state index contributed by atoms with van der Waals surface area (Å²) in [7, 11) is 0. The lowest BCUT2D eigenvalue weighted by molar-refractivity contribution is -0.146. The van der Waals surface area contributed by atoms with Gasteiger partial charge in [-0.2, -0.15) is 0 Å². The highest BCUT2D eigenvalue weighted by atomic mass is 16.6. The third kappa shape index (κ3) is 5.06. The number of carbonyl (C=O) groups excluding carboxylic acids is 1. The Bertz CT molecular complexity index is 336. The average Bonchev–Trinajstić information content (AvgIpc) is 2.27. The van der Waals surface area contributed by atoms with Crippen molar-refractivity contribution in [3.63, 3.8) is 0 Å². The maximum atomic E-state index is 12.1. The predicted molar refractivity (Wildman–Crippen MR) is 68.7 cm³/mol. The lowest BCUT2D eigenvalue weighted by Gasteiger charge is -2.37. The normalized spacial score (nSPS) is 21.9. The first kappa shape index (κ1) is 15.8. The number of amides is 1. The Morgan fingerprint density at radius 2 is 2.11 bits per heavy atom. The minimum absolute atomic E-state index is 0.272. The number of aliphatic carboxylic acids is 1. The van der Waals surface area contributed by atoms with Crippen LogP contribution < -0.4 is 0 Å². The molecule has 0 aromatic carbocycles. The second-order valence-electron chi connectivity index (χ2n) is 5.83. The van der Waals surface area contributed by atoms with Crippen LogP contribution in [-0.2, 0) is 14.3 Å². The Balaban J connectivity index is 2.67. The summed E-state index contributed by atoms with van der Waals surface area (Å²) < 4.78 is 10.8. The van der Waals surface area contributed by atoms with Crippen LogP contribution >= 0.6 is 0 Å². The summed E-state index contributed by atoms with van der Waals surface area (Å²) in [5.74, 6) is -1.45. The van der Waals surface area contributed by atoms with Crippen molar-refractivity contribution < 1.29 is 24.2 Å². The van der Waals surface area contributed by atoms with Gasteiger partial charge in [-0.05, 0) is 27.2 Å². The first-order valence-electron chi connectivity index (χ1n) is 6.55. The van der Waals surface area contributed by atoms with E-state index in [-0.39, 0.29) is 6.42 Å². The van der Waals surface area contributed by atoms with E-state index in [9.17, 15) is 9.59 Å². The molecule has 0 aromatic heterocycles. The van der Waals surface area contributed by atoms with Gasteiger partial charge in [-0.15, -0.1) is 0 Å². The molecule has 0 saturated carbocycles. The number of nitrogens with zero attached hydrogens (tertiary/aromatic N) is 1. The van der Waals surface area contributed by atoms with Crippen LogP contribution in [0, 0.1) is 5.92 Å². The molecule has 19 heavy (non-hydrogen) atoms. The minimum atomic E-state index is -0.890. The van der Waals surface area contributed by atoms with Crippen LogP contribution in [0.5, 0.6) is 0 Å². The van der Waals surface area contributed by atoms with Gasteiger partial charge in [-0.1, -0.05) is 6.92 Å². The molecule has 1 fully saturated rings. The van der Waals surface area contributed by atoms with Gasteiger partial charge in [0.1, 0.15) is 11.8 Å². The van der Waals surface area contributed by atoms with Crippen LogP contribution in [0.1, 0.15) is 40.5 Å². The standard InChI is InChI=1S/C13H23NO5/c1-9(11(15)16)8-10-14(6-5-7-18-10)12(17)19-13(2,3)4/h9-10H,5-8H2,1-4H3,(H,15,16).